The van der Waals surface area contributed by atoms with Crippen LogP contribution < -0.4 is 0 Å². The Morgan fingerprint density at radius 1 is 1.47 bits per heavy atom. The van der Waals surface area contributed by atoms with Crippen molar-refractivity contribution < 1.29 is 9.53 Å². The lowest BCUT2D eigenvalue weighted by atomic mass is 10.0. The molecule has 0 N–H and O–H groups in total. The zero-order chi connectivity index (χ0) is 11.3. The fourth-order valence-electron chi connectivity index (χ4n) is 1.45. The van der Waals surface area contributed by atoms with E-state index in [1.165, 1.54) is 0 Å². The van der Waals surface area contributed by atoms with Crippen LogP contribution in [-0.2, 0) is 4.74 Å². The van der Waals surface area contributed by atoms with Crippen molar-refractivity contribution in [2.24, 2.45) is 0 Å². The maximum Gasteiger partial charge on any atom is 0.193 e. The lowest BCUT2D eigenvalue weighted by molar-refractivity contribution is 0.0579. The highest BCUT2D eigenvalue weighted by Gasteiger charge is 2.20. The Kier molecular flexibility index (Phi) is 4.79. The second kappa shape index (κ2) is 5.89. The van der Waals surface area contributed by atoms with Crippen LogP contribution in [0.3, 0.4) is 0 Å². The van der Waals surface area contributed by atoms with E-state index in [1.807, 2.05) is 6.92 Å². The molecule has 2 nitrogen and oxygen atoms in total. The normalized spacial score (nSPS) is 12.5. The number of benzene rings is 1. The number of hydrogen-bond acceptors (Lipinski definition) is 2. The van der Waals surface area contributed by atoms with E-state index in [9.17, 15) is 4.79 Å². The van der Waals surface area contributed by atoms with Crippen molar-refractivity contribution in [3.63, 3.8) is 0 Å². The van der Waals surface area contributed by atoms with Gasteiger partial charge in [0.05, 0.1) is 5.02 Å². The molecule has 0 aromatic heterocycles. The van der Waals surface area contributed by atoms with Gasteiger partial charge in [-0.2, -0.15) is 0 Å². The molecule has 0 heterocycles. The number of rotatable bonds is 5. The van der Waals surface area contributed by atoms with Crippen LogP contribution in [0.5, 0.6) is 0 Å². The van der Waals surface area contributed by atoms with Crippen molar-refractivity contribution in [2.75, 3.05) is 7.11 Å². The maximum atomic E-state index is 12.0. The second-order valence-electron chi connectivity index (χ2n) is 3.36. The van der Waals surface area contributed by atoms with E-state index in [0.717, 1.165) is 12.8 Å². The Balaban J connectivity index is 2.88. The number of hydrogen-bond donors (Lipinski definition) is 0. The fraction of sp³-hybridized carbons (Fsp3) is 0.417. The highest BCUT2D eigenvalue weighted by atomic mass is 35.5. The largest absolute Gasteiger partial charge is 0.373 e. The van der Waals surface area contributed by atoms with E-state index < -0.39 is 0 Å². The molecule has 0 saturated heterocycles. The summed E-state index contributed by atoms with van der Waals surface area (Å²) in [5.41, 5.74) is 0.541. The Morgan fingerprint density at radius 2 is 2.13 bits per heavy atom. The molecule has 0 aliphatic rings. The van der Waals surface area contributed by atoms with E-state index >= 15 is 0 Å². The van der Waals surface area contributed by atoms with Crippen molar-refractivity contribution >= 4 is 17.4 Å². The third kappa shape index (κ3) is 3.05. The van der Waals surface area contributed by atoms with Gasteiger partial charge in [-0.1, -0.05) is 37.1 Å². The number of Topliss-reactive ketones (excluding diaryl/α,β-unsaturated/α-hetero) is 1. The maximum absolute atomic E-state index is 12.0. The first-order valence-electron chi connectivity index (χ1n) is 5.02. The van der Waals surface area contributed by atoms with Crippen molar-refractivity contribution in [1.82, 2.24) is 0 Å². The minimum atomic E-state index is -0.380. The average molecular weight is 227 g/mol. The molecular formula is C12H15ClO2. The van der Waals surface area contributed by atoms with Gasteiger partial charge >= 0.3 is 0 Å². The molecule has 0 aliphatic carbocycles. The van der Waals surface area contributed by atoms with Gasteiger partial charge in [-0.3, -0.25) is 4.79 Å². The minimum absolute atomic E-state index is 0.0371. The lowest BCUT2D eigenvalue weighted by Gasteiger charge is -2.13. The summed E-state index contributed by atoms with van der Waals surface area (Å²) < 4.78 is 5.15. The first-order chi connectivity index (χ1) is 7.20. The molecule has 1 aromatic carbocycles. The smallest absolute Gasteiger partial charge is 0.193 e. The van der Waals surface area contributed by atoms with E-state index in [-0.39, 0.29) is 11.9 Å². The molecule has 0 aliphatic heterocycles. The molecule has 0 amide bonds. The van der Waals surface area contributed by atoms with E-state index in [1.54, 1.807) is 31.4 Å². The van der Waals surface area contributed by atoms with Gasteiger partial charge in [0.2, 0.25) is 0 Å². The first kappa shape index (κ1) is 12.2. The molecule has 3 heteroatoms. The zero-order valence-electron chi connectivity index (χ0n) is 9.00. The number of methoxy groups -OCH3 is 1. The van der Waals surface area contributed by atoms with Crippen LogP contribution in [0, 0.1) is 0 Å². The minimum Gasteiger partial charge on any atom is -0.373 e. The third-order valence-corrected chi connectivity index (χ3v) is 2.60. The monoisotopic (exact) mass is 226 g/mol. The van der Waals surface area contributed by atoms with Gasteiger partial charge in [-0.15, -0.1) is 0 Å². The summed E-state index contributed by atoms with van der Waals surface area (Å²) in [4.78, 5) is 12.0. The summed E-state index contributed by atoms with van der Waals surface area (Å²) in [5.74, 6) is -0.0371. The summed E-state index contributed by atoms with van der Waals surface area (Å²) >= 11 is 5.94. The molecule has 1 aromatic rings. The Labute approximate surface area is 95.2 Å². The highest BCUT2D eigenvalue weighted by Crippen LogP contribution is 2.19. The van der Waals surface area contributed by atoms with Gasteiger partial charge in [0.25, 0.3) is 0 Å². The molecule has 0 radical (unpaired) electrons. The molecule has 0 bridgehead atoms. The van der Waals surface area contributed by atoms with Crippen molar-refractivity contribution in [1.29, 1.82) is 0 Å². The summed E-state index contributed by atoms with van der Waals surface area (Å²) in [7, 11) is 1.55. The third-order valence-electron chi connectivity index (χ3n) is 2.27. The summed E-state index contributed by atoms with van der Waals surface area (Å²) in [5, 5.41) is 0.487. The van der Waals surface area contributed by atoms with E-state index in [0.29, 0.717) is 10.6 Å². The highest BCUT2D eigenvalue weighted by molar-refractivity contribution is 6.34. The predicted molar refractivity (Wildman–Crippen MR) is 61.5 cm³/mol. The van der Waals surface area contributed by atoms with Gasteiger partial charge in [0.1, 0.15) is 6.10 Å². The number of halogens is 1. The molecule has 0 fully saturated rings. The Morgan fingerprint density at radius 3 is 2.67 bits per heavy atom. The molecule has 1 rings (SSSR count). The molecule has 1 unspecified atom stereocenters. The average Bonchev–Trinajstić information content (AvgIpc) is 2.25. The summed E-state index contributed by atoms with van der Waals surface area (Å²) in [6.45, 7) is 2.02. The molecule has 0 spiro atoms. The van der Waals surface area contributed by atoms with E-state index in [4.69, 9.17) is 16.3 Å². The predicted octanol–water partition coefficient (Wildman–Crippen LogP) is 3.34. The van der Waals surface area contributed by atoms with Crippen LogP contribution in [0.4, 0.5) is 0 Å². The zero-order valence-corrected chi connectivity index (χ0v) is 9.75. The standard InChI is InChI=1S/C12H15ClO2/c1-3-6-11(15-2)12(14)9-7-4-5-8-10(9)13/h4-5,7-8,11H,3,6H2,1-2H3. The van der Waals surface area contributed by atoms with Gasteiger partial charge in [-0.05, 0) is 18.6 Å². The van der Waals surface area contributed by atoms with Crippen LogP contribution in [0.25, 0.3) is 0 Å². The quantitative estimate of drug-likeness (QED) is 0.720. The Hall–Kier alpha value is -0.860. The SMILES string of the molecule is CCCC(OC)C(=O)c1ccccc1Cl. The Bertz CT molecular complexity index is 336. The second-order valence-corrected chi connectivity index (χ2v) is 3.76. The molecule has 0 saturated carbocycles. The van der Waals surface area contributed by atoms with Gasteiger partial charge in [-0.25, -0.2) is 0 Å². The first-order valence-corrected chi connectivity index (χ1v) is 5.40. The van der Waals surface area contributed by atoms with E-state index in [2.05, 4.69) is 0 Å². The molecule has 15 heavy (non-hydrogen) atoms. The van der Waals surface area contributed by atoms with Crippen LogP contribution in [-0.4, -0.2) is 19.0 Å². The molecular weight excluding hydrogens is 212 g/mol. The van der Waals surface area contributed by atoms with Gasteiger partial charge in [0.15, 0.2) is 5.78 Å². The van der Waals surface area contributed by atoms with Crippen molar-refractivity contribution in [3.8, 4) is 0 Å². The topological polar surface area (TPSA) is 26.3 Å². The number of ether oxygens (including phenoxy) is 1. The summed E-state index contributed by atoms with van der Waals surface area (Å²) in [6, 6.07) is 7.05. The molecule has 1 atom stereocenters. The lowest BCUT2D eigenvalue weighted by Crippen LogP contribution is -2.23. The van der Waals surface area contributed by atoms with Crippen LogP contribution in [0.15, 0.2) is 24.3 Å². The summed E-state index contributed by atoms with van der Waals surface area (Å²) in [6.07, 6.45) is 1.25. The van der Waals surface area contributed by atoms with Gasteiger partial charge in [0, 0.05) is 12.7 Å². The number of ketones is 1. The van der Waals surface area contributed by atoms with Crippen LogP contribution in [0.1, 0.15) is 30.1 Å². The fourth-order valence-corrected chi connectivity index (χ4v) is 1.68. The van der Waals surface area contributed by atoms with Crippen molar-refractivity contribution in [3.05, 3.63) is 34.9 Å². The molecule has 82 valence electrons. The van der Waals surface area contributed by atoms with Gasteiger partial charge < -0.3 is 4.74 Å². The van der Waals surface area contributed by atoms with Crippen LogP contribution >= 0.6 is 11.6 Å². The van der Waals surface area contributed by atoms with Crippen LogP contribution in [0.2, 0.25) is 5.02 Å². The number of carbonyl (C=O) groups excluding carboxylic acids is 1. The number of carbonyl (C=O) groups is 1. The van der Waals surface area contributed by atoms with Crippen molar-refractivity contribution in [2.45, 2.75) is 25.9 Å².